The first-order valence-electron chi connectivity index (χ1n) is 10.9. The predicted octanol–water partition coefficient (Wildman–Crippen LogP) is 4.17. The van der Waals surface area contributed by atoms with Crippen LogP contribution in [0.15, 0.2) is 48.5 Å². The molecule has 3 rings (SSSR count). The van der Waals surface area contributed by atoms with Crippen LogP contribution in [0.3, 0.4) is 0 Å². The quantitative estimate of drug-likeness (QED) is 0.497. The molecule has 0 radical (unpaired) electrons. The molecule has 2 unspecified atom stereocenters. The zero-order valence-electron chi connectivity index (χ0n) is 18.1. The van der Waals surface area contributed by atoms with E-state index in [1.54, 1.807) is 19.2 Å². The first-order chi connectivity index (χ1) is 14.9. The number of amides is 1. The molecule has 2 aromatic rings. The molecule has 0 aliphatic carbocycles. The zero-order chi connectivity index (χ0) is 22.4. The van der Waals surface area contributed by atoms with Crippen LogP contribution in [0, 0.1) is 0 Å². The van der Waals surface area contributed by atoms with Crippen molar-refractivity contribution >= 4 is 11.9 Å². The minimum absolute atomic E-state index is 0.0521. The Labute approximate surface area is 183 Å². The summed E-state index contributed by atoms with van der Waals surface area (Å²) in [5, 5.41) is 23.0. The van der Waals surface area contributed by atoms with E-state index >= 15 is 0 Å². The minimum atomic E-state index is -1.04. The molecule has 3 N–H and O–H groups in total. The van der Waals surface area contributed by atoms with Crippen molar-refractivity contribution in [3.05, 3.63) is 70.8 Å². The molecule has 0 saturated carbocycles. The summed E-state index contributed by atoms with van der Waals surface area (Å²) in [4.78, 5) is 23.6. The maximum Gasteiger partial charge on any atom is 0.335 e. The van der Waals surface area contributed by atoms with Crippen molar-refractivity contribution in [3.63, 3.8) is 0 Å². The molecule has 0 bridgehead atoms. The molecule has 1 aliphatic heterocycles. The first-order valence-corrected chi connectivity index (χ1v) is 10.9. The lowest BCUT2D eigenvalue weighted by molar-refractivity contribution is -0.120. The van der Waals surface area contributed by atoms with Crippen LogP contribution < -0.4 is 5.32 Å². The third-order valence-electron chi connectivity index (χ3n) is 6.15. The van der Waals surface area contributed by atoms with Crippen LogP contribution in [0.1, 0.15) is 78.6 Å². The fourth-order valence-corrected chi connectivity index (χ4v) is 4.46. The maximum absolute atomic E-state index is 12.0. The summed E-state index contributed by atoms with van der Waals surface area (Å²) in [6.45, 7) is 2.13. The molecule has 1 aliphatic rings. The fraction of sp³-hybridized carbons (Fsp3) is 0.440. The van der Waals surface area contributed by atoms with E-state index in [1.165, 1.54) is 6.07 Å². The van der Waals surface area contributed by atoms with Crippen molar-refractivity contribution in [1.82, 2.24) is 5.32 Å². The molecule has 166 valence electrons. The second-order valence-corrected chi connectivity index (χ2v) is 8.12. The Morgan fingerprint density at radius 1 is 1.19 bits per heavy atom. The first kappa shape index (κ1) is 23.0. The number of hydrogen-bond donors (Lipinski definition) is 3. The molecule has 1 fully saturated rings. The number of carbonyl (C=O) groups is 2. The number of rotatable bonds is 10. The number of methoxy groups -OCH3 is 1. The van der Waals surface area contributed by atoms with E-state index in [0.717, 1.165) is 30.4 Å². The molecule has 6 nitrogen and oxygen atoms in total. The lowest BCUT2D eigenvalue weighted by atomic mass is 9.78. The summed E-state index contributed by atoms with van der Waals surface area (Å²) in [6, 6.07) is 13.9. The molecule has 1 heterocycles. The largest absolute Gasteiger partial charge is 0.478 e. The van der Waals surface area contributed by atoms with Gasteiger partial charge in [0.1, 0.15) is 5.60 Å². The summed E-state index contributed by atoms with van der Waals surface area (Å²) in [7, 11) is 1.57. The Hall–Kier alpha value is -2.70. The van der Waals surface area contributed by atoms with Gasteiger partial charge >= 0.3 is 5.97 Å². The Morgan fingerprint density at radius 3 is 2.52 bits per heavy atom. The average molecular weight is 426 g/mol. The van der Waals surface area contributed by atoms with Crippen molar-refractivity contribution in [2.24, 2.45) is 0 Å². The highest BCUT2D eigenvalue weighted by Gasteiger charge is 2.46. The number of benzene rings is 2. The van der Waals surface area contributed by atoms with Crippen LogP contribution in [-0.2, 0) is 15.1 Å². The molecule has 6 heteroatoms. The number of aliphatic hydroxyl groups is 1. The number of aliphatic hydroxyl groups excluding tert-OH is 1. The number of aromatic carboxylic acids is 1. The Morgan fingerprint density at radius 2 is 1.94 bits per heavy atom. The van der Waals surface area contributed by atoms with Gasteiger partial charge in [-0.2, -0.15) is 0 Å². The summed E-state index contributed by atoms with van der Waals surface area (Å²) in [5.41, 5.74) is 1.42. The van der Waals surface area contributed by atoms with E-state index in [9.17, 15) is 19.8 Å². The van der Waals surface area contributed by atoms with E-state index in [-0.39, 0.29) is 17.5 Å². The summed E-state index contributed by atoms with van der Waals surface area (Å²) in [6.07, 6.45) is 4.31. The number of carbonyl (C=O) groups excluding carboxylic acids is 1. The van der Waals surface area contributed by atoms with Crippen LogP contribution in [-0.4, -0.2) is 35.2 Å². The van der Waals surface area contributed by atoms with Crippen LogP contribution in [0.25, 0.3) is 0 Å². The Kier molecular flexibility index (Phi) is 7.46. The topological polar surface area (TPSA) is 95.9 Å². The fourth-order valence-electron chi connectivity index (χ4n) is 4.46. The van der Waals surface area contributed by atoms with Crippen molar-refractivity contribution in [2.45, 2.75) is 63.2 Å². The van der Waals surface area contributed by atoms with Gasteiger partial charge in [-0.1, -0.05) is 62.6 Å². The standard InChI is InChI=1S/C25H31NO5/c1-3-4-5-9-21(27)17-10-12-19(13-11-17)25(31-2,22-14-15-23(28)26-22)20-8-6-7-18(16-20)24(29)30/h6-8,10-13,16,21-22,27H,3-5,9,14-15H2,1-2H3,(H,26,28)(H,29,30)/t21?,22?,25-/m0/s1. The number of unbranched alkanes of at least 4 members (excludes halogenated alkanes) is 2. The molecule has 31 heavy (non-hydrogen) atoms. The molecular weight excluding hydrogens is 394 g/mol. The van der Waals surface area contributed by atoms with Gasteiger partial charge in [0.25, 0.3) is 0 Å². The van der Waals surface area contributed by atoms with E-state index in [2.05, 4.69) is 12.2 Å². The number of ether oxygens (including phenoxy) is 1. The Balaban J connectivity index is 2.01. The number of hydrogen-bond acceptors (Lipinski definition) is 4. The summed E-state index contributed by atoms with van der Waals surface area (Å²) >= 11 is 0. The third-order valence-corrected chi connectivity index (χ3v) is 6.15. The van der Waals surface area contributed by atoms with Gasteiger partial charge in [0.05, 0.1) is 17.7 Å². The average Bonchev–Trinajstić information content (AvgIpc) is 3.22. The number of carboxylic acids is 1. The molecule has 3 atom stereocenters. The van der Waals surface area contributed by atoms with Crippen molar-refractivity contribution in [2.75, 3.05) is 7.11 Å². The van der Waals surface area contributed by atoms with Gasteiger partial charge < -0.3 is 20.3 Å². The smallest absolute Gasteiger partial charge is 0.335 e. The monoisotopic (exact) mass is 425 g/mol. The second kappa shape index (κ2) is 10.1. The van der Waals surface area contributed by atoms with E-state index in [4.69, 9.17) is 4.74 Å². The highest BCUT2D eigenvalue weighted by atomic mass is 16.5. The van der Waals surface area contributed by atoms with Crippen LogP contribution in [0.5, 0.6) is 0 Å². The van der Waals surface area contributed by atoms with Gasteiger partial charge in [0.15, 0.2) is 0 Å². The van der Waals surface area contributed by atoms with Crippen LogP contribution in [0.2, 0.25) is 0 Å². The normalized spacial score (nSPS) is 18.9. The maximum atomic E-state index is 12.0. The number of nitrogens with one attached hydrogen (secondary N) is 1. The van der Waals surface area contributed by atoms with E-state index in [0.29, 0.717) is 24.8 Å². The Bertz CT molecular complexity index is 910. The van der Waals surface area contributed by atoms with Crippen molar-refractivity contribution in [3.8, 4) is 0 Å². The number of carboxylic acid groups (broad SMARTS) is 1. The molecule has 2 aromatic carbocycles. The lowest BCUT2D eigenvalue weighted by Crippen LogP contribution is -2.48. The molecule has 0 spiro atoms. The minimum Gasteiger partial charge on any atom is -0.478 e. The highest BCUT2D eigenvalue weighted by molar-refractivity contribution is 5.88. The van der Waals surface area contributed by atoms with Gasteiger partial charge in [0, 0.05) is 13.5 Å². The van der Waals surface area contributed by atoms with Gasteiger partial charge in [-0.15, -0.1) is 0 Å². The van der Waals surface area contributed by atoms with Gasteiger partial charge in [-0.05, 0) is 41.7 Å². The van der Waals surface area contributed by atoms with Crippen LogP contribution in [0.4, 0.5) is 0 Å². The van der Waals surface area contributed by atoms with Crippen molar-refractivity contribution < 1.29 is 24.5 Å². The van der Waals surface area contributed by atoms with Crippen LogP contribution >= 0.6 is 0 Å². The van der Waals surface area contributed by atoms with E-state index in [1.807, 2.05) is 30.3 Å². The SMILES string of the molecule is CCCCCC(O)c1ccc([C@](OC)(c2cccc(C(=O)O)c2)C2CCC(=O)N2)cc1. The van der Waals surface area contributed by atoms with Gasteiger partial charge in [-0.25, -0.2) is 4.79 Å². The van der Waals surface area contributed by atoms with Gasteiger partial charge in [-0.3, -0.25) is 4.79 Å². The van der Waals surface area contributed by atoms with Crippen molar-refractivity contribution in [1.29, 1.82) is 0 Å². The summed E-state index contributed by atoms with van der Waals surface area (Å²) < 4.78 is 6.09. The predicted molar refractivity (Wildman–Crippen MR) is 118 cm³/mol. The molecular formula is C25H31NO5. The molecule has 0 aromatic heterocycles. The summed E-state index contributed by atoms with van der Waals surface area (Å²) in [5.74, 6) is -1.07. The third kappa shape index (κ3) is 4.81. The lowest BCUT2D eigenvalue weighted by Gasteiger charge is -2.39. The highest BCUT2D eigenvalue weighted by Crippen LogP contribution is 2.40. The second-order valence-electron chi connectivity index (χ2n) is 8.12. The molecule has 1 amide bonds. The molecule has 1 saturated heterocycles. The van der Waals surface area contributed by atoms with E-state index < -0.39 is 17.7 Å². The zero-order valence-corrected chi connectivity index (χ0v) is 18.1. The van der Waals surface area contributed by atoms with Gasteiger partial charge in [0.2, 0.25) is 5.91 Å².